The van der Waals surface area contributed by atoms with Gasteiger partial charge in [-0.15, -0.1) is 0 Å². The lowest BCUT2D eigenvalue weighted by atomic mass is 9.95. The molecular formula is C31H29ClN2O6S. The zero-order chi connectivity index (χ0) is 29.1. The van der Waals surface area contributed by atoms with Gasteiger partial charge in [0.2, 0.25) is 0 Å². The van der Waals surface area contributed by atoms with Gasteiger partial charge >= 0.3 is 5.91 Å². The number of anilines is 1. The fraction of sp³-hybridized carbons (Fsp3) is 0.258. The number of thiazole rings is 1. The number of ketones is 1. The normalized spacial score (nSPS) is 16.4. The number of benzene rings is 3. The first-order valence-corrected chi connectivity index (χ1v) is 14.5. The molecule has 0 saturated carbocycles. The Morgan fingerprint density at radius 3 is 2.51 bits per heavy atom. The highest BCUT2D eigenvalue weighted by atomic mass is 35.5. The van der Waals surface area contributed by atoms with Gasteiger partial charge in [-0.2, -0.15) is 0 Å². The van der Waals surface area contributed by atoms with Crippen molar-refractivity contribution in [3.05, 3.63) is 82.4 Å². The molecule has 0 spiro atoms. The number of halogens is 1. The number of amides is 1. The summed E-state index contributed by atoms with van der Waals surface area (Å²) in [5.74, 6) is -0.234. The number of methoxy groups -OCH3 is 1. The van der Waals surface area contributed by atoms with Crippen LogP contribution in [0.4, 0.5) is 5.13 Å². The molecule has 1 fully saturated rings. The van der Waals surface area contributed by atoms with E-state index < -0.39 is 17.7 Å². The Balaban J connectivity index is 1.68. The highest BCUT2D eigenvalue weighted by molar-refractivity contribution is 7.22. The van der Waals surface area contributed by atoms with Crippen LogP contribution in [-0.4, -0.2) is 42.1 Å². The Morgan fingerprint density at radius 1 is 1.02 bits per heavy atom. The second kappa shape index (κ2) is 12.2. The minimum Gasteiger partial charge on any atom is -0.507 e. The maximum atomic E-state index is 13.6. The number of aromatic nitrogens is 1. The molecule has 10 heteroatoms. The number of hydrogen-bond donors (Lipinski definition) is 1. The number of unbranched alkanes of at least 4 members (excludes halogenated alkanes) is 1. The standard InChI is InChI=1S/C31H29ClN2O6S/c1-4-6-15-40-23-14-9-19(16-24(23)39-5-2)27-26(28(35)18-7-10-20(32)11-8-18)29(36)30(37)34(27)31-33-22-13-12-21(38-3)17-25(22)41-31/h7-14,16-17,27,35H,4-6,15H2,1-3H3. The van der Waals surface area contributed by atoms with Crippen LogP contribution in [0.25, 0.3) is 16.0 Å². The van der Waals surface area contributed by atoms with Gasteiger partial charge in [-0.3, -0.25) is 14.5 Å². The Morgan fingerprint density at radius 2 is 1.80 bits per heavy atom. The van der Waals surface area contributed by atoms with Gasteiger partial charge in [0.15, 0.2) is 16.6 Å². The van der Waals surface area contributed by atoms with E-state index in [0.717, 1.165) is 17.5 Å². The van der Waals surface area contributed by atoms with E-state index in [1.807, 2.05) is 13.0 Å². The number of ether oxygens (including phenoxy) is 3. The minimum absolute atomic E-state index is 0.0590. The van der Waals surface area contributed by atoms with Crippen LogP contribution in [0.1, 0.15) is 43.9 Å². The monoisotopic (exact) mass is 592 g/mol. The molecule has 0 aliphatic carbocycles. The summed E-state index contributed by atoms with van der Waals surface area (Å²) in [4.78, 5) is 33.2. The first-order valence-electron chi connectivity index (χ1n) is 13.3. The molecule has 1 saturated heterocycles. The Labute approximate surface area is 246 Å². The maximum Gasteiger partial charge on any atom is 0.301 e. The van der Waals surface area contributed by atoms with Crippen LogP contribution in [0.3, 0.4) is 0 Å². The third-order valence-corrected chi connectivity index (χ3v) is 7.96. The largest absolute Gasteiger partial charge is 0.507 e. The summed E-state index contributed by atoms with van der Waals surface area (Å²) in [5, 5.41) is 12.2. The molecule has 0 bridgehead atoms. The van der Waals surface area contributed by atoms with E-state index in [1.165, 1.54) is 16.2 Å². The fourth-order valence-corrected chi connectivity index (χ4v) is 5.79. The summed E-state index contributed by atoms with van der Waals surface area (Å²) in [5.41, 5.74) is 1.51. The second-order valence-corrected chi connectivity index (χ2v) is 10.8. The van der Waals surface area contributed by atoms with Crippen molar-refractivity contribution in [2.75, 3.05) is 25.2 Å². The molecule has 41 heavy (non-hydrogen) atoms. The lowest BCUT2D eigenvalue weighted by Crippen LogP contribution is -2.29. The van der Waals surface area contributed by atoms with Crippen molar-refractivity contribution < 1.29 is 28.9 Å². The van der Waals surface area contributed by atoms with Crippen molar-refractivity contribution in [2.24, 2.45) is 0 Å². The molecule has 3 aromatic carbocycles. The average Bonchev–Trinajstić information content (AvgIpc) is 3.51. The molecule has 1 atom stereocenters. The van der Waals surface area contributed by atoms with Crippen LogP contribution >= 0.6 is 22.9 Å². The lowest BCUT2D eigenvalue weighted by Gasteiger charge is -2.24. The summed E-state index contributed by atoms with van der Waals surface area (Å²) < 4.78 is 18.0. The molecule has 5 rings (SSSR count). The van der Waals surface area contributed by atoms with Gasteiger partial charge in [0, 0.05) is 10.6 Å². The van der Waals surface area contributed by atoms with E-state index in [9.17, 15) is 14.7 Å². The van der Waals surface area contributed by atoms with Gasteiger partial charge in [0.25, 0.3) is 5.78 Å². The molecule has 1 amide bonds. The van der Waals surface area contributed by atoms with E-state index in [2.05, 4.69) is 11.9 Å². The molecule has 1 N–H and O–H groups in total. The number of fused-ring (bicyclic) bond motifs is 1. The topological polar surface area (TPSA) is 98.2 Å². The summed E-state index contributed by atoms with van der Waals surface area (Å²) in [6, 6.07) is 16.1. The van der Waals surface area contributed by atoms with Gasteiger partial charge in [-0.05, 0) is 73.5 Å². The molecule has 4 aromatic rings. The van der Waals surface area contributed by atoms with Gasteiger partial charge in [0.1, 0.15) is 11.5 Å². The molecule has 1 aliphatic rings. The number of carbonyl (C=O) groups excluding carboxylic acids is 2. The van der Waals surface area contributed by atoms with E-state index in [0.29, 0.717) is 57.3 Å². The van der Waals surface area contributed by atoms with Crippen molar-refractivity contribution in [3.63, 3.8) is 0 Å². The molecule has 0 radical (unpaired) electrons. The third-order valence-electron chi connectivity index (χ3n) is 6.69. The molecule has 1 aliphatic heterocycles. The number of Topliss-reactive ketones (excluding diaryl/α,β-unsaturated/α-hetero) is 1. The van der Waals surface area contributed by atoms with E-state index >= 15 is 0 Å². The van der Waals surface area contributed by atoms with Crippen LogP contribution < -0.4 is 19.1 Å². The first-order chi connectivity index (χ1) is 19.9. The molecule has 1 unspecified atom stereocenters. The highest BCUT2D eigenvalue weighted by Crippen LogP contribution is 2.46. The van der Waals surface area contributed by atoms with Gasteiger partial charge in [-0.25, -0.2) is 4.98 Å². The fourth-order valence-electron chi connectivity index (χ4n) is 4.64. The number of aliphatic hydroxyl groups is 1. The van der Waals surface area contributed by atoms with Crippen molar-refractivity contribution in [3.8, 4) is 17.2 Å². The Bertz CT molecular complexity index is 1630. The molecule has 212 valence electrons. The zero-order valence-electron chi connectivity index (χ0n) is 22.8. The lowest BCUT2D eigenvalue weighted by molar-refractivity contribution is -0.132. The van der Waals surface area contributed by atoms with E-state index in [-0.39, 0.29) is 11.3 Å². The molecule has 1 aromatic heterocycles. The first kappa shape index (κ1) is 28.4. The number of carbonyl (C=O) groups is 2. The summed E-state index contributed by atoms with van der Waals surface area (Å²) in [6.07, 6.45) is 1.87. The smallest absolute Gasteiger partial charge is 0.301 e. The van der Waals surface area contributed by atoms with Gasteiger partial charge < -0.3 is 19.3 Å². The van der Waals surface area contributed by atoms with Crippen LogP contribution in [0.2, 0.25) is 5.02 Å². The predicted octanol–water partition coefficient (Wildman–Crippen LogP) is 7.16. The minimum atomic E-state index is -0.975. The average molecular weight is 593 g/mol. The maximum absolute atomic E-state index is 13.6. The molecule has 8 nitrogen and oxygen atoms in total. The predicted molar refractivity (Wildman–Crippen MR) is 160 cm³/mol. The number of hydrogen-bond acceptors (Lipinski definition) is 8. The van der Waals surface area contributed by atoms with E-state index in [4.69, 9.17) is 25.8 Å². The van der Waals surface area contributed by atoms with Gasteiger partial charge in [-0.1, -0.05) is 42.3 Å². The summed E-state index contributed by atoms with van der Waals surface area (Å²) in [6.45, 7) is 4.86. The van der Waals surface area contributed by atoms with Gasteiger partial charge in [0.05, 0.1) is 42.2 Å². The quantitative estimate of drug-likeness (QED) is 0.0902. The number of aliphatic hydroxyl groups excluding tert-OH is 1. The van der Waals surface area contributed by atoms with Crippen molar-refractivity contribution >= 4 is 55.7 Å². The number of nitrogens with zero attached hydrogens (tertiary/aromatic N) is 2. The van der Waals surface area contributed by atoms with Crippen LogP contribution in [-0.2, 0) is 9.59 Å². The third kappa shape index (κ3) is 5.60. The molecular weight excluding hydrogens is 564 g/mol. The Hall–Kier alpha value is -4.08. The SMILES string of the molecule is CCCCOc1ccc(C2C(=C(O)c3ccc(Cl)cc3)C(=O)C(=O)N2c2nc3ccc(OC)cc3s2)cc1OCC. The Kier molecular flexibility index (Phi) is 8.46. The van der Waals surface area contributed by atoms with Crippen molar-refractivity contribution in [1.82, 2.24) is 4.98 Å². The second-order valence-electron chi connectivity index (χ2n) is 9.35. The summed E-state index contributed by atoms with van der Waals surface area (Å²) >= 11 is 7.31. The van der Waals surface area contributed by atoms with Crippen LogP contribution in [0.5, 0.6) is 17.2 Å². The van der Waals surface area contributed by atoms with Crippen LogP contribution in [0.15, 0.2) is 66.2 Å². The number of rotatable bonds is 10. The van der Waals surface area contributed by atoms with Crippen molar-refractivity contribution in [1.29, 1.82) is 0 Å². The van der Waals surface area contributed by atoms with Crippen LogP contribution in [0, 0.1) is 0 Å². The van der Waals surface area contributed by atoms with Crippen molar-refractivity contribution in [2.45, 2.75) is 32.7 Å². The van der Waals surface area contributed by atoms with E-state index in [1.54, 1.807) is 61.7 Å². The summed E-state index contributed by atoms with van der Waals surface area (Å²) in [7, 11) is 1.57. The highest BCUT2D eigenvalue weighted by Gasteiger charge is 2.48. The zero-order valence-corrected chi connectivity index (χ0v) is 24.4. The molecule has 2 heterocycles.